The maximum Gasteiger partial charge on any atom is 0.306 e. The van der Waals surface area contributed by atoms with E-state index in [9.17, 15) is 4.79 Å². The van der Waals surface area contributed by atoms with Gasteiger partial charge in [-0.25, -0.2) is 0 Å². The molecule has 4 heteroatoms. The van der Waals surface area contributed by atoms with Crippen LogP contribution in [-0.4, -0.2) is 24.8 Å². The molecule has 18 heavy (non-hydrogen) atoms. The molecule has 0 fully saturated rings. The predicted octanol–water partition coefficient (Wildman–Crippen LogP) is 2.82. The normalized spacial score (nSPS) is 12.2. The summed E-state index contributed by atoms with van der Waals surface area (Å²) in [6.07, 6.45) is 0.513. The largest absolute Gasteiger partial charge is 0.497 e. The number of ether oxygens (including phenoxy) is 2. The highest BCUT2D eigenvalue weighted by atomic mass is 16.5. The van der Waals surface area contributed by atoms with Crippen LogP contribution in [0.1, 0.15) is 20.3 Å². The van der Waals surface area contributed by atoms with E-state index in [-0.39, 0.29) is 11.8 Å². The van der Waals surface area contributed by atoms with E-state index in [2.05, 4.69) is 0 Å². The molecule has 0 spiro atoms. The van der Waals surface area contributed by atoms with Crippen LogP contribution >= 0.6 is 0 Å². The summed E-state index contributed by atoms with van der Waals surface area (Å²) in [4.78, 5) is 11.0. The minimum absolute atomic E-state index is 0.113. The van der Waals surface area contributed by atoms with Crippen molar-refractivity contribution in [2.45, 2.75) is 20.3 Å². The van der Waals surface area contributed by atoms with Crippen LogP contribution in [0.3, 0.4) is 0 Å². The van der Waals surface area contributed by atoms with Crippen molar-refractivity contribution in [3.63, 3.8) is 0 Å². The first-order valence-electron chi connectivity index (χ1n) is 6.04. The number of hydrogen-bond donors (Lipinski definition) is 1. The molecule has 0 aliphatic carbocycles. The zero-order valence-corrected chi connectivity index (χ0v) is 11.1. The minimum atomic E-state index is -0.761. The van der Waals surface area contributed by atoms with Crippen molar-refractivity contribution in [2.24, 2.45) is 11.8 Å². The summed E-state index contributed by atoms with van der Waals surface area (Å²) in [5.74, 6) is 0.491. The van der Waals surface area contributed by atoms with Crippen molar-refractivity contribution in [3.8, 4) is 11.5 Å². The fourth-order valence-corrected chi connectivity index (χ4v) is 1.72. The van der Waals surface area contributed by atoms with Crippen molar-refractivity contribution in [1.29, 1.82) is 0 Å². The zero-order chi connectivity index (χ0) is 13.5. The summed E-state index contributed by atoms with van der Waals surface area (Å²) >= 11 is 0. The highest BCUT2D eigenvalue weighted by molar-refractivity contribution is 5.70. The highest BCUT2D eigenvalue weighted by Crippen LogP contribution is 2.19. The van der Waals surface area contributed by atoms with Gasteiger partial charge in [-0.3, -0.25) is 4.79 Å². The van der Waals surface area contributed by atoms with E-state index in [1.54, 1.807) is 7.11 Å². The molecule has 0 saturated heterocycles. The van der Waals surface area contributed by atoms with Crippen LogP contribution in [0, 0.1) is 11.8 Å². The lowest BCUT2D eigenvalue weighted by Crippen LogP contribution is -2.22. The molecule has 0 radical (unpaired) electrons. The summed E-state index contributed by atoms with van der Waals surface area (Å²) in [6.45, 7) is 4.22. The van der Waals surface area contributed by atoms with Crippen molar-refractivity contribution in [2.75, 3.05) is 13.7 Å². The predicted molar refractivity (Wildman–Crippen MR) is 69.1 cm³/mol. The van der Waals surface area contributed by atoms with Gasteiger partial charge in [-0.2, -0.15) is 0 Å². The summed E-state index contributed by atoms with van der Waals surface area (Å²) in [6, 6.07) is 7.24. The van der Waals surface area contributed by atoms with Gasteiger partial charge in [0.2, 0.25) is 0 Å². The van der Waals surface area contributed by atoms with Gasteiger partial charge in [0, 0.05) is 0 Å². The Labute approximate surface area is 108 Å². The summed E-state index contributed by atoms with van der Waals surface area (Å²) in [5.41, 5.74) is 0. The number of aliphatic carboxylic acids is 1. The van der Waals surface area contributed by atoms with Crippen molar-refractivity contribution in [3.05, 3.63) is 24.3 Å². The lowest BCUT2D eigenvalue weighted by Gasteiger charge is -2.16. The van der Waals surface area contributed by atoms with E-state index in [1.165, 1.54) is 0 Å². The second kappa shape index (κ2) is 6.89. The quantitative estimate of drug-likeness (QED) is 0.810. The molecular formula is C14H20O4. The maximum absolute atomic E-state index is 11.0. The third-order valence-corrected chi connectivity index (χ3v) is 2.88. The summed E-state index contributed by atoms with van der Waals surface area (Å²) in [7, 11) is 1.61. The average Bonchev–Trinajstić information content (AvgIpc) is 2.34. The lowest BCUT2D eigenvalue weighted by atomic mass is 9.93. The molecular weight excluding hydrogens is 232 g/mol. The fourth-order valence-electron chi connectivity index (χ4n) is 1.72. The second-order valence-electron chi connectivity index (χ2n) is 4.50. The van der Waals surface area contributed by atoms with E-state index in [1.807, 2.05) is 38.1 Å². The van der Waals surface area contributed by atoms with E-state index in [0.717, 1.165) is 11.5 Å². The molecule has 0 saturated carbocycles. The Morgan fingerprint density at radius 2 is 1.78 bits per heavy atom. The van der Waals surface area contributed by atoms with Gasteiger partial charge in [-0.15, -0.1) is 0 Å². The van der Waals surface area contributed by atoms with Crippen LogP contribution in [0.15, 0.2) is 24.3 Å². The Hall–Kier alpha value is -1.71. The molecule has 1 atom stereocenters. The standard InChI is InChI=1S/C14H20O4/c1-10(2)13(14(15)16)8-9-18-12-6-4-11(17-3)5-7-12/h4-7,10,13H,8-9H2,1-3H3,(H,15,16). The van der Waals surface area contributed by atoms with E-state index >= 15 is 0 Å². The van der Waals surface area contributed by atoms with Crippen LogP contribution in [0.5, 0.6) is 11.5 Å². The molecule has 1 N–H and O–H groups in total. The number of carboxylic acids is 1. The van der Waals surface area contributed by atoms with E-state index < -0.39 is 5.97 Å². The molecule has 1 rings (SSSR count). The highest BCUT2D eigenvalue weighted by Gasteiger charge is 2.21. The Balaban J connectivity index is 2.42. The van der Waals surface area contributed by atoms with Gasteiger partial charge >= 0.3 is 5.97 Å². The van der Waals surface area contributed by atoms with Gasteiger partial charge in [0.1, 0.15) is 11.5 Å². The van der Waals surface area contributed by atoms with Crippen molar-refractivity contribution < 1.29 is 19.4 Å². The summed E-state index contributed by atoms with van der Waals surface area (Å²) in [5, 5.41) is 9.04. The van der Waals surface area contributed by atoms with Crippen LogP contribution in [0.25, 0.3) is 0 Å². The van der Waals surface area contributed by atoms with Crippen LogP contribution in [0.4, 0.5) is 0 Å². The van der Waals surface area contributed by atoms with Crippen LogP contribution < -0.4 is 9.47 Å². The third kappa shape index (κ3) is 4.28. The van der Waals surface area contributed by atoms with Gasteiger partial charge in [0.05, 0.1) is 19.6 Å². The average molecular weight is 252 g/mol. The molecule has 0 amide bonds. The van der Waals surface area contributed by atoms with Gasteiger partial charge in [0.25, 0.3) is 0 Å². The van der Waals surface area contributed by atoms with E-state index in [4.69, 9.17) is 14.6 Å². The topological polar surface area (TPSA) is 55.8 Å². The molecule has 100 valence electrons. The van der Waals surface area contributed by atoms with Crippen molar-refractivity contribution in [1.82, 2.24) is 0 Å². The Bertz CT molecular complexity index is 370. The molecule has 0 bridgehead atoms. The zero-order valence-electron chi connectivity index (χ0n) is 11.1. The van der Waals surface area contributed by atoms with Crippen LogP contribution in [-0.2, 0) is 4.79 Å². The van der Waals surface area contributed by atoms with E-state index in [0.29, 0.717) is 13.0 Å². The number of benzene rings is 1. The van der Waals surface area contributed by atoms with Gasteiger partial charge in [-0.1, -0.05) is 13.8 Å². The maximum atomic E-state index is 11.0. The SMILES string of the molecule is COc1ccc(OCCC(C(=O)O)C(C)C)cc1. The number of carbonyl (C=O) groups is 1. The molecule has 1 aromatic carbocycles. The number of rotatable bonds is 7. The smallest absolute Gasteiger partial charge is 0.306 e. The van der Waals surface area contributed by atoms with Gasteiger partial charge < -0.3 is 14.6 Å². The van der Waals surface area contributed by atoms with Crippen LogP contribution in [0.2, 0.25) is 0 Å². The first-order chi connectivity index (χ1) is 8.54. The first kappa shape index (κ1) is 14.4. The second-order valence-corrected chi connectivity index (χ2v) is 4.50. The molecule has 1 unspecified atom stereocenters. The molecule has 0 aromatic heterocycles. The van der Waals surface area contributed by atoms with Gasteiger partial charge in [0.15, 0.2) is 0 Å². The molecule has 4 nitrogen and oxygen atoms in total. The summed E-state index contributed by atoms with van der Waals surface area (Å²) < 4.78 is 10.6. The molecule has 1 aromatic rings. The Kier molecular flexibility index (Phi) is 5.49. The number of methoxy groups -OCH3 is 1. The molecule has 0 heterocycles. The first-order valence-corrected chi connectivity index (χ1v) is 6.04. The Morgan fingerprint density at radius 3 is 2.22 bits per heavy atom. The molecule has 0 aliphatic rings. The minimum Gasteiger partial charge on any atom is -0.497 e. The lowest BCUT2D eigenvalue weighted by molar-refractivity contribution is -0.143. The van der Waals surface area contributed by atoms with Crippen molar-refractivity contribution >= 4 is 5.97 Å². The number of hydrogen-bond acceptors (Lipinski definition) is 3. The number of carboxylic acid groups (broad SMARTS) is 1. The molecule has 0 aliphatic heterocycles. The monoisotopic (exact) mass is 252 g/mol. The van der Waals surface area contributed by atoms with Gasteiger partial charge in [-0.05, 0) is 36.6 Å². The fraction of sp³-hybridized carbons (Fsp3) is 0.500. The third-order valence-electron chi connectivity index (χ3n) is 2.88. The Morgan fingerprint density at radius 1 is 1.22 bits per heavy atom.